The van der Waals surface area contributed by atoms with Crippen molar-refractivity contribution in [2.45, 2.75) is 11.3 Å². The SMILES string of the molecule is CS(=O)(=O)c1nc(C(F)(F)F)cn1-c1ccccn1. The van der Waals surface area contributed by atoms with Crippen LogP contribution in [0.3, 0.4) is 0 Å². The fourth-order valence-corrected chi connectivity index (χ4v) is 2.19. The van der Waals surface area contributed by atoms with Gasteiger partial charge in [0.15, 0.2) is 5.69 Å². The van der Waals surface area contributed by atoms with Gasteiger partial charge in [0, 0.05) is 18.6 Å². The summed E-state index contributed by atoms with van der Waals surface area (Å²) < 4.78 is 61.6. The molecule has 2 aromatic heterocycles. The second-order valence-corrected chi connectivity index (χ2v) is 5.65. The van der Waals surface area contributed by atoms with Crippen LogP contribution in [0.2, 0.25) is 0 Å². The summed E-state index contributed by atoms with van der Waals surface area (Å²) in [6.45, 7) is 0. The highest BCUT2D eigenvalue weighted by Crippen LogP contribution is 2.30. The lowest BCUT2D eigenvalue weighted by atomic mass is 10.4. The Kier molecular flexibility index (Phi) is 3.09. The van der Waals surface area contributed by atoms with Gasteiger partial charge in [0.1, 0.15) is 5.82 Å². The summed E-state index contributed by atoms with van der Waals surface area (Å²) in [5, 5.41) is -0.696. The molecule has 0 aliphatic carbocycles. The Hall–Kier alpha value is -1.90. The Morgan fingerprint density at radius 3 is 2.42 bits per heavy atom. The molecule has 2 heterocycles. The van der Waals surface area contributed by atoms with Gasteiger partial charge in [-0.15, -0.1) is 0 Å². The van der Waals surface area contributed by atoms with Crippen molar-refractivity contribution in [2.24, 2.45) is 0 Å². The highest BCUT2D eigenvalue weighted by molar-refractivity contribution is 7.90. The summed E-state index contributed by atoms with van der Waals surface area (Å²) in [6.07, 6.45) is -1.98. The van der Waals surface area contributed by atoms with E-state index in [1.165, 1.54) is 18.3 Å². The minimum Gasteiger partial charge on any atom is -0.274 e. The Morgan fingerprint density at radius 1 is 1.26 bits per heavy atom. The molecule has 0 aromatic carbocycles. The molecule has 0 unspecified atom stereocenters. The van der Waals surface area contributed by atoms with Crippen LogP contribution in [0, 0.1) is 0 Å². The number of sulfone groups is 1. The quantitative estimate of drug-likeness (QED) is 0.844. The third-order valence-corrected chi connectivity index (χ3v) is 3.14. The van der Waals surface area contributed by atoms with Crippen molar-refractivity contribution in [3.63, 3.8) is 0 Å². The van der Waals surface area contributed by atoms with Crippen molar-refractivity contribution in [2.75, 3.05) is 6.26 Å². The van der Waals surface area contributed by atoms with Crippen molar-refractivity contribution >= 4 is 9.84 Å². The van der Waals surface area contributed by atoms with E-state index in [-0.39, 0.29) is 5.82 Å². The van der Waals surface area contributed by atoms with Crippen molar-refractivity contribution in [1.82, 2.24) is 14.5 Å². The number of hydrogen-bond donors (Lipinski definition) is 0. The molecular weight excluding hydrogens is 283 g/mol. The lowest BCUT2D eigenvalue weighted by molar-refractivity contribution is -0.141. The molecule has 0 aliphatic heterocycles. The first-order valence-corrected chi connectivity index (χ1v) is 6.87. The van der Waals surface area contributed by atoms with Crippen LogP contribution >= 0.6 is 0 Å². The van der Waals surface area contributed by atoms with E-state index in [1.807, 2.05) is 0 Å². The molecule has 0 radical (unpaired) electrons. The molecular formula is C10H8F3N3O2S. The number of aromatic nitrogens is 3. The Labute approximate surface area is 106 Å². The van der Waals surface area contributed by atoms with Crippen LogP contribution in [0.1, 0.15) is 5.69 Å². The smallest absolute Gasteiger partial charge is 0.274 e. The lowest BCUT2D eigenvalue weighted by Gasteiger charge is -2.03. The fourth-order valence-electron chi connectivity index (χ4n) is 1.42. The number of alkyl halides is 3. The topological polar surface area (TPSA) is 64.8 Å². The molecule has 0 atom stereocenters. The Bertz CT molecular complexity index is 693. The first-order valence-electron chi connectivity index (χ1n) is 4.97. The maximum absolute atomic E-state index is 12.6. The number of rotatable bonds is 2. The van der Waals surface area contributed by atoms with Crippen LogP contribution in [-0.2, 0) is 16.0 Å². The van der Waals surface area contributed by atoms with Crippen molar-refractivity contribution < 1.29 is 21.6 Å². The van der Waals surface area contributed by atoms with Gasteiger partial charge >= 0.3 is 6.18 Å². The second-order valence-electron chi connectivity index (χ2n) is 3.74. The molecule has 0 spiro atoms. The minimum absolute atomic E-state index is 0.0472. The third-order valence-electron chi connectivity index (χ3n) is 2.19. The zero-order valence-electron chi connectivity index (χ0n) is 9.59. The van der Waals surface area contributed by atoms with Gasteiger partial charge in [-0.2, -0.15) is 13.2 Å². The Balaban J connectivity index is 2.70. The van der Waals surface area contributed by atoms with E-state index in [4.69, 9.17) is 0 Å². The fraction of sp³-hybridized carbons (Fsp3) is 0.200. The average Bonchev–Trinajstić information content (AvgIpc) is 2.74. The lowest BCUT2D eigenvalue weighted by Crippen LogP contribution is -2.08. The monoisotopic (exact) mass is 291 g/mol. The van der Waals surface area contributed by atoms with Crippen LogP contribution in [0.25, 0.3) is 5.82 Å². The van der Waals surface area contributed by atoms with Gasteiger partial charge in [0.05, 0.1) is 0 Å². The van der Waals surface area contributed by atoms with Crippen LogP contribution in [0.4, 0.5) is 13.2 Å². The maximum Gasteiger partial charge on any atom is 0.434 e. The molecule has 0 aliphatic rings. The van der Waals surface area contributed by atoms with Gasteiger partial charge in [0.25, 0.3) is 0 Å². The predicted octanol–water partition coefficient (Wildman–Crippen LogP) is 1.69. The summed E-state index contributed by atoms with van der Waals surface area (Å²) in [5.41, 5.74) is -1.28. The molecule has 19 heavy (non-hydrogen) atoms. The van der Waals surface area contributed by atoms with Gasteiger partial charge in [0.2, 0.25) is 15.0 Å². The van der Waals surface area contributed by atoms with Gasteiger partial charge in [-0.05, 0) is 12.1 Å². The van der Waals surface area contributed by atoms with E-state index < -0.39 is 26.9 Å². The van der Waals surface area contributed by atoms with E-state index in [0.717, 1.165) is 10.8 Å². The molecule has 0 N–H and O–H groups in total. The van der Waals surface area contributed by atoms with Crippen LogP contribution < -0.4 is 0 Å². The minimum atomic E-state index is -4.72. The first kappa shape index (κ1) is 13.5. The zero-order chi connectivity index (χ0) is 14.3. The van der Waals surface area contributed by atoms with Gasteiger partial charge in [-0.1, -0.05) is 6.07 Å². The third kappa shape index (κ3) is 2.75. The molecule has 0 fully saturated rings. The van der Waals surface area contributed by atoms with Gasteiger partial charge < -0.3 is 0 Å². The number of imidazole rings is 1. The van der Waals surface area contributed by atoms with Crippen LogP contribution in [-0.4, -0.2) is 29.2 Å². The Morgan fingerprint density at radius 2 is 1.95 bits per heavy atom. The summed E-state index contributed by atoms with van der Waals surface area (Å²) in [4.78, 5) is 6.95. The average molecular weight is 291 g/mol. The van der Waals surface area contributed by atoms with Crippen molar-refractivity contribution in [3.05, 3.63) is 36.3 Å². The van der Waals surface area contributed by atoms with Crippen molar-refractivity contribution in [1.29, 1.82) is 0 Å². The highest BCUT2D eigenvalue weighted by atomic mass is 32.2. The summed E-state index contributed by atoms with van der Waals surface area (Å²) >= 11 is 0. The van der Waals surface area contributed by atoms with Crippen LogP contribution in [0.5, 0.6) is 0 Å². The molecule has 0 saturated carbocycles. The molecule has 0 bridgehead atoms. The number of nitrogens with zero attached hydrogens (tertiary/aromatic N) is 3. The molecule has 2 aromatic rings. The summed E-state index contributed by atoms with van der Waals surface area (Å²) in [7, 11) is -3.91. The van der Waals surface area contributed by atoms with Gasteiger partial charge in [-0.3, -0.25) is 4.57 Å². The molecule has 2 rings (SSSR count). The van der Waals surface area contributed by atoms with Crippen molar-refractivity contribution in [3.8, 4) is 5.82 Å². The zero-order valence-corrected chi connectivity index (χ0v) is 10.4. The van der Waals surface area contributed by atoms with E-state index in [0.29, 0.717) is 6.20 Å². The van der Waals surface area contributed by atoms with E-state index in [1.54, 1.807) is 6.07 Å². The summed E-state index contributed by atoms with van der Waals surface area (Å²) in [5.74, 6) is 0.0472. The van der Waals surface area contributed by atoms with Gasteiger partial charge in [-0.25, -0.2) is 18.4 Å². The van der Waals surface area contributed by atoms with Crippen LogP contribution in [0.15, 0.2) is 35.7 Å². The number of hydrogen-bond acceptors (Lipinski definition) is 4. The summed E-state index contributed by atoms with van der Waals surface area (Å²) in [6, 6.07) is 4.48. The molecule has 9 heteroatoms. The highest BCUT2D eigenvalue weighted by Gasteiger charge is 2.36. The standard InChI is InChI=1S/C10H8F3N3O2S/c1-19(17,18)9-15-7(10(11,12)13)6-16(9)8-4-2-3-5-14-8/h2-6H,1H3. The second kappa shape index (κ2) is 4.34. The van der Waals surface area contributed by atoms with E-state index in [9.17, 15) is 21.6 Å². The molecule has 0 amide bonds. The molecule has 5 nitrogen and oxygen atoms in total. The first-order chi connectivity index (χ1) is 8.69. The number of pyridine rings is 1. The maximum atomic E-state index is 12.6. The van der Waals surface area contributed by atoms with E-state index in [2.05, 4.69) is 9.97 Å². The van der Waals surface area contributed by atoms with E-state index >= 15 is 0 Å². The molecule has 102 valence electrons. The molecule has 0 saturated heterocycles. The normalized spacial score (nSPS) is 12.6. The predicted molar refractivity (Wildman–Crippen MR) is 59.5 cm³/mol. The largest absolute Gasteiger partial charge is 0.434 e. The number of halogens is 3.